The standard InChI is InChI=1S/C15H18N2O3S2/c1-10-6-11-7-12(2-3-14(11)16-10)17-15(18)8-21-13-4-5-22(19,20)9-13/h2-3,6-7,13,16H,4-5,8-9H2,1H3,(H,17,18)/t13-/m1/s1. The molecule has 0 unspecified atom stereocenters. The smallest absolute Gasteiger partial charge is 0.234 e. The summed E-state index contributed by atoms with van der Waals surface area (Å²) in [5.41, 5.74) is 2.88. The van der Waals surface area contributed by atoms with Crippen molar-refractivity contribution in [1.82, 2.24) is 4.98 Å². The Kier molecular flexibility index (Phi) is 4.18. The largest absolute Gasteiger partial charge is 0.359 e. The average molecular weight is 338 g/mol. The molecule has 0 bridgehead atoms. The first-order valence-corrected chi connectivity index (χ1v) is 9.99. The van der Waals surface area contributed by atoms with E-state index in [2.05, 4.69) is 10.3 Å². The molecule has 118 valence electrons. The van der Waals surface area contributed by atoms with Crippen LogP contribution in [0.15, 0.2) is 24.3 Å². The minimum Gasteiger partial charge on any atom is -0.359 e. The van der Waals surface area contributed by atoms with Crippen molar-refractivity contribution in [2.24, 2.45) is 0 Å². The van der Waals surface area contributed by atoms with Crippen molar-refractivity contribution in [2.45, 2.75) is 18.6 Å². The summed E-state index contributed by atoms with van der Waals surface area (Å²) in [6.07, 6.45) is 0.648. The van der Waals surface area contributed by atoms with Crippen LogP contribution in [-0.2, 0) is 14.6 Å². The fourth-order valence-electron chi connectivity index (χ4n) is 2.64. The Morgan fingerprint density at radius 1 is 1.41 bits per heavy atom. The lowest BCUT2D eigenvalue weighted by Crippen LogP contribution is -2.17. The molecule has 3 rings (SSSR count). The molecule has 1 fully saturated rings. The van der Waals surface area contributed by atoms with Gasteiger partial charge in [0.05, 0.1) is 17.3 Å². The molecule has 0 aliphatic carbocycles. The maximum absolute atomic E-state index is 12.0. The number of aryl methyl sites for hydroxylation is 1. The SMILES string of the molecule is Cc1cc2cc(NC(=O)CS[C@@H]3CCS(=O)(=O)C3)ccc2[nH]1. The maximum Gasteiger partial charge on any atom is 0.234 e. The van der Waals surface area contributed by atoms with Crippen molar-refractivity contribution >= 4 is 44.1 Å². The van der Waals surface area contributed by atoms with Crippen molar-refractivity contribution in [2.75, 3.05) is 22.6 Å². The molecule has 0 spiro atoms. The molecule has 5 nitrogen and oxygen atoms in total. The van der Waals surface area contributed by atoms with Gasteiger partial charge in [-0.25, -0.2) is 8.42 Å². The van der Waals surface area contributed by atoms with Crippen molar-refractivity contribution in [3.05, 3.63) is 30.0 Å². The highest BCUT2D eigenvalue weighted by Gasteiger charge is 2.28. The average Bonchev–Trinajstić information content (AvgIpc) is 2.97. The zero-order chi connectivity index (χ0) is 15.7. The van der Waals surface area contributed by atoms with Crippen LogP contribution in [0.3, 0.4) is 0 Å². The summed E-state index contributed by atoms with van der Waals surface area (Å²) in [4.78, 5) is 15.2. The number of sulfone groups is 1. The molecule has 0 saturated carbocycles. The van der Waals surface area contributed by atoms with Crippen LogP contribution in [0.4, 0.5) is 5.69 Å². The molecule has 1 aromatic carbocycles. The second kappa shape index (κ2) is 5.96. The predicted octanol–water partition coefficient (Wildman–Crippen LogP) is 2.34. The predicted molar refractivity (Wildman–Crippen MR) is 91.2 cm³/mol. The Bertz CT molecular complexity index is 811. The number of aromatic amines is 1. The van der Waals surface area contributed by atoms with Gasteiger partial charge >= 0.3 is 0 Å². The number of nitrogens with one attached hydrogen (secondary N) is 2. The summed E-state index contributed by atoms with van der Waals surface area (Å²) in [7, 11) is -2.88. The molecule has 2 aromatic rings. The Balaban J connectivity index is 1.56. The normalized spacial score (nSPS) is 20.3. The van der Waals surface area contributed by atoms with E-state index in [0.717, 1.165) is 22.3 Å². The van der Waals surface area contributed by atoms with E-state index in [4.69, 9.17) is 0 Å². The number of benzene rings is 1. The number of amides is 1. The third kappa shape index (κ3) is 3.64. The summed E-state index contributed by atoms with van der Waals surface area (Å²) in [6, 6.07) is 7.76. The van der Waals surface area contributed by atoms with Crippen LogP contribution in [0.5, 0.6) is 0 Å². The number of hydrogen-bond acceptors (Lipinski definition) is 4. The molecule has 2 N–H and O–H groups in total. The number of H-pyrrole nitrogens is 1. The van der Waals surface area contributed by atoms with Crippen molar-refractivity contribution in [1.29, 1.82) is 0 Å². The van der Waals surface area contributed by atoms with Gasteiger partial charge in [-0.05, 0) is 37.6 Å². The van der Waals surface area contributed by atoms with Crippen LogP contribution in [0.1, 0.15) is 12.1 Å². The molecule has 1 saturated heterocycles. The number of anilines is 1. The van der Waals surface area contributed by atoms with Gasteiger partial charge in [0.1, 0.15) is 0 Å². The van der Waals surface area contributed by atoms with Gasteiger partial charge in [-0.3, -0.25) is 4.79 Å². The first kappa shape index (κ1) is 15.4. The summed E-state index contributed by atoms with van der Waals surface area (Å²) in [5, 5.41) is 3.97. The van der Waals surface area contributed by atoms with E-state index in [0.29, 0.717) is 6.42 Å². The topological polar surface area (TPSA) is 79.0 Å². The Morgan fingerprint density at radius 3 is 2.95 bits per heavy atom. The number of rotatable bonds is 4. The van der Waals surface area contributed by atoms with Crippen LogP contribution in [0.2, 0.25) is 0 Å². The van der Waals surface area contributed by atoms with Crippen LogP contribution in [0.25, 0.3) is 10.9 Å². The lowest BCUT2D eigenvalue weighted by atomic mass is 10.2. The van der Waals surface area contributed by atoms with E-state index < -0.39 is 9.84 Å². The van der Waals surface area contributed by atoms with Crippen molar-refractivity contribution in [3.63, 3.8) is 0 Å². The molecular formula is C15H18N2O3S2. The van der Waals surface area contributed by atoms with Gasteiger partial charge in [0.15, 0.2) is 9.84 Å². The molecular weight excluding hydrogens is 320 g/mol. The number of thioether (sulfide) groups is 1. The number of carbonyl (C=O) groups is 1. The van der Waals surface area contributed by atoms with E-state index >= 15 is 0 Å². The van der Waals surface area contributed by atoms with Crippen LogP contribution in [0, 0.1) is 6.92 Å². The van der Waals surface area contributed by atoms with E-state index in [1.54, 1.807) is 0 Å². The molecule has 22 heavy (non-hydrogen) atoms. The second-order valence-corrected chi connectivity index (χ2v) is 9.16. The summed E-state index contributed by atoms with van der Waals surface area (Å²) < 4.78 is 22.8. The Labute approximate surface area is 133 Å². The molecule has 7 heteroatoms. The number of aromatic nitrogens is 1. The number of fused-ring (bicyclic) bond motifs is 1. The van der Waals surface area contributed by atoms with Gasteiger partial charge in [-0.15, -0.1) is 11.8 Å². The minimum absolute atomic E-state index is 0.0468. The summed E-state index contributed by atoms with van der Waals surface area (Å²) in [5.74, 6) is 0.626. The third-order valence-electron chi connectivity index (χ3n) is 3.68. The molecule has 1 amide bonds. The van der Waals surface area contributed by atoms with E-state index in [9.17, 15) is 13.2 Å². The van der Waals surface area contributed by atoms with E-state index in [1.807, 2.05) is 31.2 Å². The zero-order valence-corrected chi connectivity index (χ0v) is 13.9. The molecule has 1 aliphatic heterocycles. The Hall–Kier alpha value is -1.47. The lowest BCUT2D eigenvalue weighted by molar-refractivity contribution is -0.113. The summed E-state index contributed by atoms with van der Waals surface area (Å²) >= 11 is 1.42. The van der Waals surface area contributed by atoms with Gasteiger partial charge in [0.2, 0.25) is 5.91 Å². The molecule has 1 aliphatic rings. The van der Waals surface area contributed by atoms with Crippen molar-refractivity contribution in [3.8, 4) is 0 Å². The van der Waals surface area contributed by atoms with Gasteiger partial charge < -0.3 is 10.3 Å². The summed E-state index contributed by atoms with van der Waals surface area (Å²) in [6.45, 7) is 1.99. The first-order chi connectivity index (χ1) is 10.4. The fraction of sp³-hybridized carbons (Fsp3) is 0.400. The van der Waals surface area contributed by atoms with Crippen LogP contribution in [-0.4, -0.2) is 41.8 Å². The van der Waals surface area contributed by atoms with Gasteiger partial charge in [-0.2, -0.15) is 0 Å². The molecule has 1 atom stereocenters. The highest BCUT2D eigenvalue weighted by atomic mass is 32.2. The Morgan fingerprint density at radius 2 is 2.23 bits per heavy atom. The van der Waals surface area contributed by atoms with Crippen molar-refractivity contribution < 1.29 is 13.2 Å². The van der Waals surface area contributed by atoms with Gasteiger partial charge in [0.25, 0.3) is 0 Å². The molecule has 0 radical (unpaired) electrons. The minimum atomic E-state index is -2.88. The van der Waals surface area contributed by atoms with E-state index in [1.165, 1.54) is 11.8 Å². The molecule has 1 aromatic heterocycles. The fourth-order valence-corrected chi connectivity index (χ4v) is 6.08. The highest BCUT2D eigenvalue weighted by molar-refractivity contribution is 8.02. The quantitative estimate of drug-likeness (QED) is 0.897. The lowest BCUT2D eigenvalue weighted by Gasteiger charge is -2.08. The third-order valence-corrected chi connectivity index (χ3v) is 6.96. The first-order valence-electron chi connectivity index (χ1n) is 7.12. The number of hydrogen-bond donors (Lipinski definition) is 2. The second-order valence-electron chi connectivity index (χ2n) is 5.64. The molecule has 2 heterocycles. The van der Waals surface area contributed by atoms with Crippen LogP contribution >= 0.6 is 11.8 Å². The highest BCUT2D eigenvalue weighted by Crippen LogP contribution is 2.25. The van der Waals surface area contributed by atoms with Gasteiger partial charge in [-0.1, -0.05) is 0 Å². The zero-order valence-electron chi connectivity index (χ0n) is 12.3. The van der Waals surface area contributed by atoms with E-state index in [-0.39, 0.29) is 28.4 Å². The monoisotopic (exact) mass is 338 g/mol. The number of carbonyl (C=O) groups excluding carboxylic acids is 1. The van der Waals surface area contributed by atoms with Crippen LogP contribution < -0.4 is 5.32 Å². The maximum atomic E-state index is 12.0. The van der Waals surface area contributed by atoms with Gasteiger partial charge in [0, 0.05) is 27.5 Å².